The molecule has 0 fully saturated rings. The van der Waals surface area contributed by atoms with Gasteiger partial charge >= 0.3 is 0 Å². The van der Waals surface area contributed by atoms with Crippen LogP contribution in [-0.2, 0) is 16.6 Å². The van der Waals surface area contributed by atoms with Crippen molar-refractivity contribution in [3.05, 3.63) is 46.4 Å². The van der Waals surface area contributed by atoms with E-state index in [0.29, 0.717) is 4.90 Å². The number of aromatic nitrogens is 1. The van der Waals surface area contributed by atoms with E-state index in [4.69, 9.17) is 0 Å². The standard InChI is InChI=1S/C11H12N2O2S2/c1-9-4-2-3-5-10(9)17(14,15)13-8-11-12-6-7-16-11/h2-7,13H,8H2,1H3. The molecule has 6 heteroatoms. The number of sulfonamides is 1. The third-order valence-electron chi connectivity index (χ3n) is 2.28. The predicted octanol–water partition coefficient (Wildman–Crippen LogP) is 1.93. The van der Waals surface area contributed by atoms with Crippen molar-refractivity contribution in [2.45, 2.75) is 18.4 Å². The molecule has 0 bridgehead atoms. The third-order valence-corrected chi connectivity index (χ3v) is 4.62. The fourth-order valence-electron chi connectivity index (χ4n) is 1.43. The molecule has 0 aliphatic rings. The second-order valence-electron chi connectivity index (χ2n) is 3.52. The molecule has 0 saturated heterocycles. The summed E-state index contributed by atoms with van der Waals surface area (Å²) in [4.78, 5) is 4.34. The Bertz CT molecular complexity index is 592. The van der Waals surface area contributed by atoms with Crippen molar-refractivity contribution in [2.75, 3.05) is 0 Å². The van der Waals surface area contributed by atoms with Crippen LogP contribution >= 0.6 is 11.3 Å². The summed E-state index contributed by atoms with van der Waals surface area (Å²) in [5.41, 5.74) is 0.735. The van der Waals surface area contributed by atoms with E-state index < -0.39 is 10.0 Å². The second kappa shape index (κ2) is 4.95. The molecule has 0 spiro atoms. The lowest BCUT2D eigenvalue weighted by molar-refractivity contribution is 0.580. The predicted molar refractivity (Wildman–Crippen MR) is 67.3 cm³/mol. The van der Waals surface area contributed by atoms with Crippen molar-refractivity contribution in [3.8, 4) is 0 Å². The largest absolute Gasteiger partial charge is 0.248 e. The SMILES string of the molecule is Cc1ccccc1S(=O)(=O)NCc1nccs1. The topological polar surface area (TPSA) is 59.1 Å². The van der Waals surface area contributed by atoms with Crippen molar-refractivity contribution in [1.29, 1.82) is 0 Å². The summed E-state index contributed by atoms with van der Waals surface area (Å²) < 4.78 is 26.6. The molecule has 1 aromatic heterocycles. The summed E-state index contributed by atoms with van der Waals surface area (Å²) in [6, 6.07) is 6.90. The van der Waals surface area contributed by atoms with Gasteiger partial charge in [-0.25, -0.2) is 18.1 Å². The molecule has 0 radical (unpaired) electrons. The van der Waals surface area contributed by atoms with Crippen LogP contribution < -0.4 is 4.72 Å². The Morgan fingerprint density at radius 2 is 2.12 bits per heavy atom. The Morgan fingerprint density at radius 1 is 1.35 bits per heavy atom. The fourth-order valence-corrected chi connectivity index (χ4v) is 3.31. The van der Waals surface area contributed by atoms with Gasteiger partial charge in [0.25, 0.3) is 0 Å². The number of rotatable bonds is 4. The second-order valence-corrected chi connectivity index (χ2v) is 6.23. The first-order valence-electron chi connectivity index (χ1n) is 5.03. The molecule has 0 aliphatic heterocycles. The molecule has 90 valence electrons. The number of aryl methyl sites for hydroxylation is 1. The van der Waals surface area contributed by atoms with Gasteiger partial charge in [-0.1, -0.05) is 18.2 Å². The molecule has 17 heavy (non-hydrogen) atoms. The third kappa shape index (κ3) is 2.91. The lowest BCUT2D eigenvalue weighted by atomic mass is 10.2. The lowest BCUT2D eigenvalue weighted by Gasteiger charge is -2.07. The van der Waals surface area contributed by atoms with Crippen LogP contribution in [0.2, 0.25) is 0 Å². The number of nitrogens with one attached hydrogen (secondary N) is 1. The maximum atomic E-state index is 12.0. The molecule has 0 unspecified atom stereocenters. The van der Waals surface area contributed by atoms with Crippen LogP contribution in [0.4, 0.5) is 0 Å². The monoisotopic (exact) mass is 268 g/mol. The zero-order valence-corrected chi connectivity index (χ0v) is 10.9. The van der Waals surface area contributed by atoms with Crippen molar-refractivity contribution < 1.29 is 8.42 Å². The Kier molecular flexibility index (Phi) is 3.56. The van der Waals surface area contributed by atoms with E-state index in [2.05, 4.69) is 9.71 Å². The van der Waals surface area contributed by atoms with Crippen LogP contribution in [0.15, 0.2) is 40.7 Å². The molecule has 0 saturated carbocycles. The van der Waals surface area contributed by atoms with E-state index in [1.54, 1.807) is 31.3 Å². The highest BCUT2D eigenvalue weighted by Crippen LogP contribution is 2.14. The van der Waals surface area contributed by atoms with Gasteiger partial charge in [0.2, 0.25) is 10.0 Å². The molecular formula is C11H12N2O2S2. The number of nitrogens with zero attached hydrogens (tertiary/aromatic N) is 1. The molecule has 1 N–H and O–H groups in total. The first-order valence-corrected chi connectivity index (χ1v) is 7.39. The van der Waals surface area contributed by atoms with Gasteiger partial charge in [0, 0.05) is 11.6 Å². The van der Waals surface area contributed by atoms with Crippen LogP contribution in [-0.4, -0.2) is 13.4 Å². The summed E-state index contributed by atoms with van der Waals surface area (Å²) in [6.45, 7) is 2.01. The molecular weight excluding hydrogens is 256 g/mol. The smallest absolute Gasteiger partial charge is 0.241 e. The van der Waals surface area contributed by atoms with Gasteiger partial charge in [-0.15, -0.1) is 11.3 Å². The number of benzene rings is 1. The zero-order valence-electron chi connectivity index (χ0n) is 9.25. The first kappa shape index (κ1) is 12.2. The minimum atomic E-state index is -3.45. The van der Waals surface area contributed by atoms with Crippen LogP contribution in [0, 0.1) is 6.92 Å². The first-order chi connectivity index (χ1) is 8.09. The van der Waals surface area contributed by atoms with E-state index in [-0.39, 0.29) is 6.54 Å². The Balaban J connectivity index is 2.17. The highest BCUT2D eigenvalue weighted by Gasteiger charge is 2.15. The van der Waals surface area contributed by atoms with Crippen LogP contribution in [0.1, 0.15) is 10.6 Å². The van der Waals surface area contributed by atoms with E-state index in [9.17, 15) is 8.42 Å². The average Bonchev–Trinajstić information content (AvgIpc) is 2.80. The highest BCUT2D eigenvalue weighted by molar-refractivity contribution is 7.89. The molecule has 4 nitrogen and oxygen atoms in total. The van der Waals surface area contributed by atoms with Gasteiger partial charge in [-0.2, -0.15) is 0 Å². The maximum absolute atomic E-state index is 12.0. The van der Waals surface area contributed by atoms with Gasteiger partial charge in [0.15, 0.2) is 0 Å². The normalized spacial score (nSPS) is 11.6. The fraction of sp³-hybridized carbons (Fsp3) is 0.182. The Hall–Kier alpha value is -1.24. The summed E-state index contributed by atoms with van der Waals surface area (Å²) in [6.07, 6.45) is 1.65. The van der Waals surface area contributed by atoms with Gasteiger partial charge in [-0.3, -0.25) is 0 Å². The number of thiazole rings is 1. The molecule has 2 rings (SSSR count). The lowest BCUT2D eigenvalue weighted by Crippen LogP contribution is -2.23. The molecule has 0 aliphatic carbocycles. The summed E-state index contributed by atoms with van der Waals surface area (Å²) >= 11 is 1.42. The molecule has 1 aromatic carbocycles. The maximum Gasteiger partial charge on any atom is 0.241 e. The summed E-state index contributed by atoms with van der Waals surface area (Å²) in [7, 11) is -3.45. The highest BCUT2D eigenvalue weighted by atomic mass is 32.2. The van der Waals surface area contributed by atoms with Crippen LogP contribution in [0.25, 0.3) is 0 Å². The molecule has 2 aromatic rings. The van der Waals surface area contributed by atoms with Crippen molar-refractivity contribution in [1.82, 2.24) is 9.71 Å². The van der Waals surface area contributed by atoms with E-state index in [1.807, 2.05) is 11.4 Å². The summed E-state index contributed by atoms with van der Waals surface area (Å²) in [5.74, 6) is 0. The van der Waals surface area contributed by atoms with Crippen molar-refractivity contribution >= 4 is 21.4 Å². The zero-order chi connectivity index (χ0) is 12.3. The van der Waals surface area contributed by atoms with Gasteiger partial charge in [0.1, 0.15) is 5.01 Å². The Labute approximate surface area is 104 Å². The van der Waals surface area contributed by atoms with E-state index >= 15 is 0 Å². The van der Waals surface area contributed by atoms with Crippen molar-refractivity contribution in [3.63, 3.8) is 0 Å². The van der Waals surface area contributed by atoms with Gasteiger partial charge in [0.05, 0.1) is 11.4 Å². The number of hydrogen-bond acceptors (Lipinski definition) is 4. The summed E-state index contributed by atoms with van der Waals surface area (Å²) in [5, 5.41) is 2.57. The quantitative estimate of drug-likeness (QED) is 0.921. The molecule has 1 heterocycles. The average molecular weight is 268 g/mol. The molecule has 0 amide bonds. The van der Waals surface area contributed by atoms with E-state index in [0.717, 1.165) is 10.6 Å². The van der Waals surface area contributed by atoms with Crippen molar-refractivity contribution in [2.24, 2.45) is 0 Å². The van der Waals surface area contributed by atoms with Crippen LogP contribution in [0.5, 0.6) is 0 Å². The van der Waals surface area contributed by atoms with E-state index in [1.165, 1.54) is 11.3 Å². The number of hydrogen-bond donors (Lipinski definition) is 1. The van der Waals surface area contributed by atoms with Gasteiger partial charge < -0.3 is 0 Å². The minimum Gasteiger partial charge on any atom is -0.248 e. The van der Waals surface area contributed by atoms with Gasteiger partial charge in [-0.05, 0) is 18.6 Å². The Morgan fingerprint density at radius 3 is 2.76 bits per heavy atom. The minimum absolute atomic E-state index is 0.230. The molecule has 0 atom stereocenters. The van der Waals surface area contributed by atoms with Crippen LogP contribution in [0.3, 0.4) is 0 Å².